The lowest BCUT2D eigenvalue weighted by Crippen LogP contribution is -2.29. The molecule has 0 spiro atoms. The van der Waals surface area contributed by atoms with Gasteiger partial charge in [-0.1, -0.05) is 32.9 Å². The molecule has 0 radical (unpaired) electrons. The van der Waals surface area contributed by atoms with Gasteiger partial charge in [0, 0.05) is 5.56 Å². The number of ether oxygens (including phenoxy) is 1. The Morgan fingerprint density at radius 2 is 1.70 bits per heavy atom. The Labute approximate surface area is 134 Å². The van der Waals surface area contributed by atoms with Gasteiger partial charge in [-0.2, -0.15) is 21.6 Å². The predicted octanol–water partition coefficient (Wildman–Crippen LogP) is 4.14. The zero-order valence-corrected chi connectivity index (χ0v) is 14.5. The van der Waals surface area contributed by atoms with Gasteiger partial charge < -0.3 is 8.92 Å². The Bertz CT molecular complexity index is 644. The maximum atomic E-state index is 12.6. The van der Waals surface area contributed by atoms with Crippen molar-refractivity contribution < 1.29 is 30.5 Å². The van der Waals surface area contributed by atoms with Crippen LogP contribution in [0.2, 0.25) is 0 Å². The summed E-state index contributed by atoms with van der Waals surface area (Å²) in [6.07, 6.45) is -0.0775. The van der Waals surface area contributed by atoms with Crippen molar-refractivity contribution in [2.45, 2.75) is 58.3 Å². The minimum atomic E-state index is -5.72. The van der Waals surface area contributed by atoms with Gasteiger partial charge in [-0.15, -0.1) is 0 Å². The molecule has 0 saturated carbocycles. The highest BCUT2D eigenvalue weighted by molar-refractivity contribution is 7.88. The van der Waals surface area contributed by atoms with Crippen molar-refractivity contribution in [3.05, 3.63) is 29.3 Å². The smallest absolute Gasteiger partial charge is 0.376 e. The lowest BCUT2D eigenvalue weighted by molar-refractivity contribution is -0.0500. The van der Waals surface area contributed by atoms with Crippen molar-refractivity contribution in [2.75, 3.05) is 0 Å². The van der Waals surface area contributed by atoms with Gasteiger partial charge in [-0.25, -0.2) is 0 Å². The molecule has 0 amide bonds. The van der Waals surface area contributed by atoms with Crippen LogP contribution in [0.3, 0.4) is 0 Å². The summed E-state index contributed by atoms with van der Waals surface area (Å²) in [6.45, 7) is 9.07. The van der Waals surface area contributed by atoms with E-state index in [2.05, 4.69) is 4.18 Å². The van der Waals surface area contributed by atoms with Gasteiger partial charge in [-0.3, -0.25) is 0 Å². The highest BCUT2D eigenvalue weighted by Crippen LogP contribution is 2.37. The summed E-state index contributed by atoms with van der Waals surface area (Å²) in [5.41, 5.74) is -5.16. The van der Waals surface area contributed by atoms with E-state index in [-0.39, 0.29) is 18.5 Å². The second kappa shape index (κ2) is 6.68. The first-order chi connectivity index (χ1) is 10.3. The molecule has 0 aromatic heterocycles. The van der Waals surface area contributed by atoms with Gasteiger partial charge in [0.05, 0.1) is 12.7 Å². The molecule has 1 rings (SSSR count). The summed E-state index contributed by atoms with van der Waals surface area (Å²) in [4.78, 5) is 0. The minimum absolute atomic E-state index is 0.0775. The standard InChI is InChI=1S/C15H21F3O4S/c1-10(2)21-9-11-7-6-8-12(13(11)14(3,4)5)22-23(19,20)15(16,17)18/h6-8,10H,9H2,1-5H3. The highest BCUT2D eigenvalue weighted by Gasteiger charge is 2.49. The molecule has 0 aliphatic heterocycles. The van der Waals surface area contributed by atoms with Gasteiger partial charge in [-0.05, 0) is 30.9 Å². The van der Waals surface area contributed by atoms with E-state index >= 15 is 0 Å². The molecule has 0 fully saturated rings. The zero-order valence-electron chi connectivity index (χ0n) is 13.7. The summed E-state index contributed by atoms with van der Waals surface area (Å²) in [5, 5.41) is 0. The van der Waals surface area contributed by atoms with Gasteiger partial charge in [0.15, 0.2) is 0 Å². The van der Waals surface area contributed by atoms with Gasteiger partial charge in [0.2, 0.25) is 0 Å². The van der Waals surface area contributed by atoms with Crippen LogP contribution in [-0.2, 0) is 26.9 Å². The second-order valence-electron chi connectivity index (χ2n) is 6.38. The first-order valence-corrected chi connectivity index (χ1v) is 8.41. The molecule has 0 heterocycles. The molecule has 0 unspecified atom stereocenters. The third-order valence-corrected chi connectivity index (χ3v) is 3.88. The molecule has 4 nitrogen and oxygen atoms in total. The third-order valence-electron chi connectivity index (χ3n) is 2.92. The molecule has 23 heavy (non-hydrogen) atoms. The average molecular weight is 354 g/mol. The Morgan fingerprint density at radius 3 is 2.13 bits per heavy atom. The van der Waals surface area contributed by atoms with Crippen LogP contribution in [0.5, 0.6) is 5.75 Å². The van der Waals surface area contributed by atoms with E-state index in [1.165, 1.54) is 12.1 Å². The largest absolute Gasteiger partial charge is 0.534 e. The SMILES string of the molecule is CC(C)OCc1cccc(OS(=O)(=O)C(F)(F)F)c1C(C)(C)C. The van der Waals surface area contributed by atoms with Crippen molar-refractivity contribution in [1.29, 1.82) is 0 Å². The van der Waals surface area contributed by atoms with Crippen molar-refractivity contribution in [3.8, 4) is 5.75 Å². The van der Waals surface area contributed by atoms with Crippen LogP contribution in [0.1, 0.15) is 45.7 Å². The monoisotopic (exact) mass is 354 g/mol. The zero-order chi connectivity index (χ0) is 18.1. The third kappa shape index (κ3) is 5.10. The van der Waals surface area contributed by atoms with Crippen LogP contribution < -0.4 is 4.18 Å². The fourth-order valence-corrected chi connectivity index (χ4v) is 2.51. The van der Waals surface area contributed by atoms with E-state index in [4.69, 9.17) is 4.74 Å². The fourth-order valence-electron chi connectivity index (χ4n) is 2.04. The summed E-state index contributed by atoms with van der Waals surface area (Å²) in [7, 11) is -5.72. The number of alkyl halides is 3. The molecule has 0 aliphatic carbocycles. The van der Waals surface area contributed by atoms with Crippen LogP contribution in [0.15, 0.2) is 18.2 Å². The molecule has 132 valence electrons. The molecule has 1 aromatic carbocycles. The van der Waals surface area contributed by atoms with Crippen LogP contribution in [0.4, 0.5) is 13.2 Å². The normalized spacial score (nSPS) is 13.4. The molecule has 0 aliphatic rings. The maximum Gasteiger partial charge on any atom is 0.534 e. The van der Waals surface area contributed by atoms with Crippen LogP contribution >= 0.6 is 0 Å². The highest BCUT2D eigenvalue weighted by atomic mass is 32.2. The maximum absolute atomic E-state index is 12.6. The lowest BCUT2D eigenvalue weighted by atomic mass is 9.83. The Balaban J connectivity index is 3.36. The van der Waals surface area contributed by atoms with Gasteiger partial charge >= 0.3 is 15.6 Å². The quantitative estimate of drug-likeness (QED) is 0.589. The van der Waals surface area contributed by atoms with E-state index in [1.54, 1.807) is 26.8 Å². The number of hydrogen-bond donors (Lipinski definition) is 0. The first kappa shape index (κ1) is 19.8. The lowest BCUT2D eigenvalue weighted by Gasteiger charge is -2.26. The Hall–Kier alpha value is -1.28. The number of hydrogen-bond acceptors (Lipinski definition) is 4. The fraction of sp³-hybridized carbons (Fsp3) is 0.600. The molecule has 1 aromatic rings. The van der Waals surface area contributed by atoms with Crippen molar-refractivity contribution in [2.24, 2.45) is 0 Å². The van der Waals surface area contributed by atoms with Gasteiger partial charge in [0.1, 0.15) is 5.75 Å². The minimum Gasteiger partial charge on any atom is -0.376 e. The predicted molar refractivity (Wildman–Crippen MR) is 80.7 cm³/mol. The van der Waals surface area contributed by atoms with Crippen molar-refractivity contribution in [1.82, 2.24) is 0 Å². The summed E-state index contributed by atoms with van der Waals surface area (Å²) in [5.74, 6) is -0.334. The molecule has 0 N–H and O–H groups in total. The molecular formula is C15H21F3O4S. The van der Waals surface area contributed by atoms with Crippen molar-refractivity contribution >= 4 is 10.1 Å². The summed E-state index contributed by atoms with van der Waals surface area (Å²) >= 11 is 0. The second-order valence-corrected chi connectivity index (χ2v) is 7.92. The van der Waals surface area contributed by atoms with E-state index in [1.807, 2.05) is 13.8 Å². The molecule has 0 bridgehead atoms. The van der Waals surface area contributed by atoms with E-state index < -0.39 is 21.0 Å². The molecule has 0 atom stereocenters. The van der Waals surface area contributed by atoms with E-state index in [9.17, 15) is 21.6 Å². The van der Waals surface area contributed by atoms with Crippen LogP contribution in [0.25, 0.3) is 0 Å². The topological polar surface area (TPSA) is 52.6 Å². The van der Waals surface area contributed by atoms with Crippen LogP contribution in [0, 0.1) is 0 Å². The number of halogens is 3. The molecule has 8 heteroatoms. The molecule has 0 saturated heterocycles. The summed E-state index contributed by atoms with van der Waals surface area (Å²) < 4.78 is 70.1. The number of rotatable bonds is 5. The Morgan fingerprint density at radius 1 is 1.13 bits per heavy atom. The average Bonchev–Trinajstić information content (AvgIpc) is 2.33. The van der Waals surface area contributed by atoms with Crippen molar-refractivity contribution in [3.63, 3.8) is 0 Å². The van der Waals surface area contributed by atoms with Gasteiger partial charge in [0.25, 0.3) is 0 Å². The number of benzene rings is 1. The van der Waals surface area contributed by atoms with E-state index in [0.717, 1.165) is 0 Å². The van der Waals surface area contributed by atoms with Crippen LogP contribution in [-0.4, -0.2) is 20.0 Å². The first-order valence-electron chi connectivity index (χ1n) is 7.00. The Kier molecular flexibility index (Phi) is 5.74. The molecular weight excluding hydrogens is 333 g/mol. The van der Waals surface area contributed by atoms with E-state index in [0.29, 0.717) is 11.1 Å². The summed E-state index contributed by atoms with van der Waals surface area (Å²) in [6, 6.07) is 4.33.